The maximum absolute atomic E-state index is 6.16. The number of hydrogen-bond donors (Lipinski definition) is 1. The quantitative estimate of drug-likeness (QED) is 0.258. The number of pyridine rings is 1. The van der Waals surface area contributed by atoms with Crippen LogP contribution < -0.4 is 10.3 Å². The van der Waals surface area contributed by atoms with Crippen LogP contribution in [0.5, 0.6) is 0 Å². The van der Waals surface area contributed by atoms with Crippen molar-refractivity contribution in [1.29, 1.82) is 0 Å². The van der Waals surface area contributed by atoms with Crippen molar-refractivity contribution in [2.24, 2.45) is 5.10 Å². The van der Waals surface area contributed by atoms with Crippen LogP contribution in [0.3, 0.4) is 0 Å². The third-order valence-corrected chi connectivity index (χ3v) is 6.85. The number of halogens is 2. The molecule has 0 aliphatic carbocycles. The van der Waals surface area contributed by atoms with Gasteiger partial charge in [-0.15, -0.1) is 0 Å². The zero-order valence-corrected chi connectivity index (χ0v) is 20.8. The molecule has 0 fully saturated rings. The van der Waals surface area contributed by atoms with E-state index < -0.39 is 0 Å². The zero-order valence-electron chi connectivity index (χ0n) is 19.3. The van der Waals surface area contributed by atoms with Gasteiger partial charge in [0.1, 0.15) is 0 Å². The molecule has 1 aliphatic rings. The van der Waals surface area contributed by atoms with Crippen molar-refractivity contribution >= 4 is 56.9 Å². The van der Waals surface area contributed by atoms with E-state index in [1.54, 1.807) is 6.20 Å². The summed E-state index contributed by atoms with van der Waals surface area (Å²) in [4.78, 5) is 4.45. The highest BCUT2D eigenvalue weighted by atomic mass is 35.5. The number of hydrazone groups is 1. The van der Waals surface area contributed by atoms with Gasteiger partial charge in [0.15, 0.2) is 0 Å². The van der Waals surface area contributed by atoms with Gasteiger partial charge in [-0.25, -0.2) is 0 Å². The zero-order chi connectivity index (χ0) is 24.5. The molecule has 0 saturated carbocycles. The minimum atomic E-state index is 0.105. The van der Waals surface area contributed by atoms with E-state index in [9.17, 15) is 0 Å². The number of rotatable bonds is 5. The molecule has 1 unspecified atom stereocenters. The van der Waals surface area contributed by atoms with Crippen molar-refractivity contribution < 1.29 is 0 Å². The summed E-state index contributed by atoms with van der Waals surface area (Å²) in [6.07, 6.45) is 2.59. The molecule has 36 heavy (non-hydrogen) atoms. The van der Waals surface area contributed by atoms with Gasteiger partial charge in [-0.2, -0.15) is 5.10 Å². The van der Waals surface area contributed by atoms with Gasteiger partial charge in [0.2, 0.25) is 0 Å². The lowest BCUT2D eigenvalue weighted by molar-refractivity contribution is 0.709. The predicted molar refractivity (Wildman–Crippen MR) is 151 cm³/mol. The van der Waals surface area contributed by atoms with E-state index in [-0.39, 0.29) is 6.04 Å². The monoisotopic (exact) mass is 508 g/mol. The van der Waals surface area contributed by atoms with Crippen molar-refractivity contribution in [3.05, 3.63) is 130 Å². The molecule has 176 valence electrons. The molecule has 2 heterocycles. The highest BCUT2D eigenvalue weighted by molar-refractivity contribution is 6.31. The SMILES string of the molecule is Clc1ccc(N2N=C(c3cccc(Nc4ccnc5cc(Cl)ccc45)c3)CC2c2ccccc2)cc1. The number of nitrogens with zero attached hydrogens (tertiary/aromatic N) is 3. The fourth-order valence-corrected chi connectivity index (χ4v) is 4.91. The molecule has 6 heteroatoms. The van der Waals surface area contributed by atoms with Crippen molar-refractivity contribution in [2.45, 2.75) is 12.5 Å². The molecule has 0 bridgehead atoms. The molecule has 0 radical (unpaired) electrons. The third-order valence-electron chi connectivity index (χ3n) is 6.37. The molecule has 4 aromatic carbocycles. The number of nitrogens with one attached hydrogen (secondary N) is 1. The Bertz CT molecular complexity index is 1570. The van der Waals surface area contributed by atoms with Crippen molar-refractivity contribution in [3.8, 4) is 0 Å². The van der Waals surface area contributed by atoms with Gasteiger partial charge in [0, 0.05) is 39.4 Å². The highest BCUT2D eigenvalue weighted by Crippen LogP contribution is 2.37. The second kappa shape index (κ2) is 9.65. The molecule has 6 rings (SSSR count). The average molecular weight is 509 g/mol. The van der Waals surface area contributed by atoms with E-state index in [4.69, 9.17) is 28.3 Å². The van der Waals surface area contributed by atoms with Crippen molar-refractivity contribution in [3.63, 3.8) is 0 Å². The van der Waals surface area contributed by atoms with E-state index >= 15 is 0 Å². The summed E-state index contributed by atoms with van der Waals surface area (Å²) in [5, 5.41) is 13.1. The number of anilines is 3. The second-order valence-electron chi connectivity index (χ2n) is 8.72. The Morgan fingerprint density at radius 1 is 0.778 bits per heavy atom. The van der Waals surface area contributed by atoms with Gasteiger partial charge in [0.25, 0.3) is 0 Å². The Balaban J connectivity index is 1.34. The minimum absolute atomic E-state index is 0.105. The first-order valence-electron chi connectivity index (χ1n) is 11.7. The van der Waals surface area contributed by atoms with E-state index in [1.807, 2.05) is 54.6 Å². The fourth-order valence-electron chi connectivity index (χ4n) is 4.61. The maximum atomic E-state index is 6.16. The first kappa shape index (κ1) is 22.6. The van der Waals surface area contributed by atoms with E-state index in [2.05, 4.69) is 63.8 Å². The van der Waals surface area contributed by atoms with Crippen LogP contribution in [0.2, 0.25) is 10.0 Å². The van der Waals surface area contributed by atoms with Crippen LogP contribution in [0.25, 0.3) is 10.9 Å². The molecule has 0 spiro atoms. The van der Waals surface area contributed by atoms with Gasteiger partial charge >= 0.3 is 0 Å². The molecule has 0 saturated heterocycles. The van der Waals surface area contributed by atoms with Gasteiger partial charge in [0.05, 0.1) is 23.0 Å². The minimum Gasteiger partial charge on any atom is -0.355 e. The van der Waals surface area contributed by atoms with Gasteiger partial charge in [-0.05, 0) is 71.8 Å². The third kappa shape index (κ3) is 4.53. The standard InChI is InChI=1S/C30H22Cl2N4/c31-22-9-12-25(13-10-22)36-30(20-5-2-1-3-6-20)19-28(35-36)21-7-4-8-24(17-21)34-27-15-16-33-29-18-23(32)11-14-26(27)29/h1-18,30H,19H2,(H,33,34). The lowest BCUT2D eigenvalue weighted by atomic mass is 9.98. The van der Waals surface area contributed by atoms with Crippen LogP contribution in [-0.4, -0.2) is 10.7 Å². The van der Waals surface area contributed by atoms with Crippen LogP contribution in [-0.2, 0) is 0 Å². The number of benzene rings is 4. The topological polar surface area (TPSA) is 40.5 Å². The van der Waals surface area contributed by atoms with Crippen LogP contribution in [0.4, 0.5) is 17.1 Å². The van der Waals surface area contributed by atoms with Crippen LogP contribution in [0, 0.1) is 0 Å². The summed E-state index contributed by atoms with van der Waals surface area (Å²) in [6.45, 7) is 0. The lowest BCUT2D eigenvalue weighted by Gasteiger charge is -2.24. The summed E-state index contributed by atoms with van der Waals surface area (Å²) >= 11 is 12.3. The Kier molecular flexibility index (Phi) is 6.06. The summed E-state index contributed by atoms with van der Waals surface area (Å²) in [7, 11) is 0. The van der Waals surface area contributed by atoms with Crippen molar-refractivity contribution in [2.75, 3.05) is 10.3 Å². The fraction of sp³-hybridized carbons (Fsp3) is 0.0667. The molecule has 1 atom stereocenters. The number of fused-ring (bicyclic) bond motifs is 1. The molecule has 5 aromatic rings. The second-order valence-corrected chi connectivity index (χ2v) is 9.60. The molecule has 1 N–H and O–H groups in total. The summed E-state index contributed by atoms with van der Waals surface area (Å²) in [5.41, 5.74) is 7.17. The predicted octanol–water partition coefficient (Wildman–Crippen LogP) is 8.64. The number of hydrogen-bond acceptors (Lipinski definition) is 4. The van der Waals surface area contributed by atoms with E-state index in [0.29, 0.717) is 10.0 Å². The van der Waals surface area contributed by atoms with Gasteiger partial charge in [-0.3, -0.25) is 9.99 Å². The summed E-state index contributed by atoms with van der Waals surface area (Å²) < 4.78 is 0. The van der Waals surface area contributed by atoms with Crippen LogP contribution >= 0.6 is 23.2 Å². The van der Waals surface area contributed by atoms with Gasteiger partial charge in [-0.1, -0.05) is 65.7 Å². The molecule has 0 amide bonds. The smallest absolute Gasteiger partial charge is 0.0831 e. The maximum Gasteiger partial charge on any atom is 0.0831 e. The average Bonchev–Trinajstić information content (AvgIpc) is 3.35. The Labute approximate surface area is 219 Å². The molecule has 1 aliphatic heterocycles. The molecule has 4 nitrogen and oxygen atoms in total. The van der Waals surface area contributed by atoms with Gasteiger partial charge < -0.3 is 5.32 Å². The first-order valence-corrected chi connectivity index (χ1v) is 12.5. The van der Waals surface area contributed by atoms with Crippen molar-refractivity contribution in [1.82, 2.24) is 4.98 Å². The Morgan fingerprint density at radius 2 is 1.58 bits per heavy atom. The van der Waals surface area contributed by atoms with Crippen LogP contribution in [0.1, 0.15) is 23.6 Å². The van der Waals surface area contributed by atoms with Crippen LogP contribution in [0.15, 0.2) is 114 Å². The molecular formula is C30H22Cl2N4. The molecular weight excluding hydrogens is 487 g/mol. The highest BCUT2D eigenvalue weighted by Gasteiger charge is 2.30. The van der Waals surface area contributed by atoms with E-state index in [0.717, 1.165) is 45.7 Å². The normalized spacial score (nSPS) is 15.2. The summed E-state index contributed by atoms with van der Waals surface area (Å²) in [5.74, 6) is 0. The lowest BCUT2D eigenvalue weighted by Crippen LogP contribution is -2.18. The van der Waals surface area contributed by atoms with E-state index in [1.165, 1.54) is 5.56 Å². The largest absolute Gasteiger partial charge is 0.355 e. The Hall–Kier alpha value is -3.86. The molecule has 1 aromatic heterocycles. The summed E-state index contributed by atoms with van der Waals surface area (Å²) in [6, 6.07) is 34.6. The number of aromatic nitrogens is 1. The Morgan fingerprint density at radius 3 is 2.42 bits per heavy atom. The first-order chi connectivity index (χ1) is 17.6.